The summed E-state index contributed by atoms with van der Waals surface area (Å²) in [4.78, 5) is -0.681. The van der Waals surface area contributed by atoms with Crippen LogP contribution < -0.4 is 4.72 Å². The van der Waals surface area contributed by atoms with Gasteiger partial charge in [0.05, 0.1) is 0 Å². The Labute approximate surface area is 105 Å². The highest BCUT2D eigenvalue weighted by molar-refractivity contribution is 7.89. The molecule has 98 valence electrons. The average Bonchev–Trinajstić information content (AvgIpc) is 2.32. The molecule has 0 saturated heterocycles. The minimum Gasteiger partial charge on any atom is -0.211 e. The second-order valence-electron chi connectivity index (χ2n) is 3.63. The van der Waals surface area contributed by atoms with Gasteiger partial charge in [-0.15, -0.1) is 12.3 Å². The first kappa shape index (κ1) is 14.6. The molecule has 0 atom stereocenters. The molecule has 0 spiro atoms. The van der Waals surface area contributed by atoms with Crippen molar-refractivity contribution in [1.29, 1.82) is 0 Å². The molecule has 1 N–H and O–H groups in total. The average molecular weight is 273 g/mol. The fraction of sp³-hybridized carbons (Fsp3) is 0.333. The highest BCUT2D eigenvalue weighted by Gasteiger charge is 2.19. The standard InChI is InChI=1S/C12H13F2NO2S/c1-2-3-4-5-8-15-18(16,17)12-9-10(13)6-7-11(12)14/h1,6-7,9,15H,3-5,8H2. The number of hydrogen-bond donors (Lipinski definition) is 1. The number of sulfonamides is 1. The van der Waals surface area contributed by atoms with E-state index in [-0.39, 0.29) is 6.54 Å². The quantitative estimate of drug-likeness (QED) is 0.637. The monoisotopic (exact) mass is 273 g/mol. The molecule has 1 aromatic carbocycles. The first-order chi connectivity index (χ1) is 8.47. The van der Waals surface area contributed by atoms with Crippen molar-refractivity contribution in [3.63, 3.8) is 0 Å². The predicted molar refractivity (Wildman–Crippen MR) is 64.2 cm³/mol. The van der Waals surface area contributed by atoms with E-state index in [1.165, 1.54) is 0 Å². The normalized spacial score (nSPS) is 11.2. The number of terminal acetylenes is 1. The minimum absolute atomic E-state index is 0.139. The summed E-state index contributed by atoms with van der Waals surface area (Å²) in [5.74, 6) is 0.646. The van der Waals surface area contributed by atoms with Gasteiger partial charge in [-0.2, -0.15) is 0 Å². The van der Waals surface area contributed by atoms with Crippen molar-refractivity contribution >= 4 is 10.0 Å². The van der Waals surface area contributed by atoms with Gasteiger partial charge in [0.25, 0.3) is 0 Å². The van der Waals surface area contributed by atoms with Crippen LogP contribution in [0.15, 0.2) is 23.1 Å². The minimum atomic E-state index is -4.02. The maximum absolute atomic E-state index is 13.3. The van der Waals surface area contributed by atoms with Crippen molar-refractivity contribution in [2.24, 2.45) is 0 Å². The molecular formula is C12H13F2NO2S. The molecule has 0 bridgehead atoms. The summed E-state index contributed by atoms with van der Waals surface area (Å²) < 4.78 is 51.7. The second-order valence-corrected chi connectivity index (χ2v) is 5.37. The molecule has 6 heteroatoms. The van der Waals surface area contributed by atoms with E-state index < -0.39 is 26.6 Å². The van der Waals surface area contributed by atoms with Gasteiger partial charge in [0.2, 0.25) is 10.0 Å². The Morgan fingerprint density at radius 2 is 2.00 bits per heavy atom. The van der Waals surface area contributed by atoms with Gasteiger partial charge in [-0.25, -0.2) is 21.9 Å². The van der Waals surface area contributed by atoms with Crippen LogP contribution in [0.25, 0.3) is 0 Å². The van der Waals surface area contributed by atoms with Crippen molar-refractivity contribution in [3.8, 4) is 12.3 Å². The van der Waals surface area contributed by atoms with Gasteiger partial charge < -0.3 is 0 Å². The Morgan fingerprint density at radius 3 is 2.67 bits per heavy atom. The van der Waals surface area contributed by atoms with Gasteiger partial charge in [0.15, 0.2) is 0 Å². The Bertz CT molecular complexity index is 550. The molecule has 0 radical (unpaired) electrons. The maximum Gasteiger partial charge on any atom is 0.243 e. The zero-order valence-corrected chi connectivity index (χ0v) is 10.4. The molecule has 0 amide bonds. The molecule has 0 aliphatic rings. The van der Waals surface area contributed by atoms with Crippen LogP contribution in [-0.2, 0) is 10.0 Å². The molecule has 0 heterocycles. The molecule has 1 aromatic rings. The number of hydrogen-bond acceptors (Lipinski definition) is 2. The van der Waals surface area contributed by atoms with Crippen molar-refractivity contribution in [2.45, 2.75) is 24.2 Å². The number of halogens is 2. The molecule has 0 unspecified atom stereocenters. The summed E-state index contributed by atoms with van der Waals surface area (Å²) in [6.45, 7) is 0.139. The largest absolute Gasteiger partial charge is 0.243 e. The van der Waals surface area contributed by atoms with Crippen molar-refractivity contribution < 1.29 is 17.2 Å². The molecule has 0 aliphatic carbocycles. The van der Waals surface area contributed by atoms with E-state index in [1.54, 1.807) is 0 Å². The van der Waals surface area contributed by atoms with Crippen LogP contribution in [0, 0.1) is 24.0 Å². The highest BCUT2D eigenvalue weighted by Crippen LogP contribution is 2.15. The number of nitrogens with one attached hydrogen (secondary N) is 1. The molecule has 0 aliphatic heterocycles. The Morgan fingerprint density at radius 1 is 1.28 bits per heavy atom. The van der Waals surface area contributed by atoms with E-state index in [0.717, 1.165) is 12.1 Å². The van der Waals surface area contributed by atoms with E-state index in [4.69, 9.17) is 6.42 Å². The van der Waals surface area contributed by atoms with E-state index in [2.05, 4.69) is 10.6 Å². The fourth-order valence-corrected chi connectivity index (χ4v) is 2.48. The molecule has 0 aromatic heterocycles. The van der Waals surface area contributed by atoms with Crippen LogP contribution in [0.2, 0.25) is 0 Å². The Hall–Kier alpha value is -1.45. The van der Waals surface area contributed by atoms with Gasteiger partial charge >= 0.3 is 0 Å². The lowest BCUT2D eigenvalue weighted by Crippen LogP contribution is -2.25. The zero-order chi connectivity index (χ0) is 13.6. The smallest absolute Gasteiger partial charge is 0.211 e. The molecule has 18 heavy (non-hydrogen) atoms. The Balaban J connectivity index is 2.69. The van der Waals surface area contributed by atoms with Crippen LogP contribution in [0.5, 0.6) is 0 Å². The summed E-state index contributed by atoms with van der Waals surface area (Å²) >= 11 is 0. The van der Waals surface area contributed by atoms with Crippen LogP contribution in [-0.4, -0.2) is 15.0 Å². The lowest BCUT2D eigenvalue weighted by atomic mass is 10.2. The third-order valence-electron chi connectivity index (χ3n) is 2.22. The third-order valence-corrected chi connectivity index (χ3v) is 3.70. The van der Waals surface area contributed by atoms with Crippen LogP contribution in [0.4, 0.5) is 8.78 Å². The second kappa shape index (κ2) is 6.47. The Kier molecular flexibility index (Phi) is 5.25. The van der Waals surface area contributed by atoms with Gasteiger partial charge in [0, 0.05) is 13.0 Å². The van der Waals surface area contributed by atoms with Crippen molar-refractivity contribution in [2.75, 3.05) is 6.54 Å². The number of rotatable bonds is 6. The predicted octanol–water partition coefficient (Wildman–Crippen LogP) is 2.05. The number of unbranched alkanes of at least 4 members (excludes halogenated alkanes) is 2. The van der Waals surface area contributed by atoms with Crippen LogP contribution in [0.1, 0.15) is 19.3 Å². The third kappa shape index (κ3) is 4.09. The maximum atomic E-state index is 13.3. The fourth-order valence-electron chi connectivity index (χ4n) is 1.32. The molecule has 3 nitrogen and oxygen atoms in total. The summed E-state index contributed by atoms with van der Waals surface area (Å²) in [6, 6.07) is 2.29. The van der Waals surface area contributed by atoms with Gasteiger partial charge in [-0.1, -0.05) is 0 Å². The summed E-state index contributed by atoms with van der Waals surface area (Å²) in [5.41, 5.74) is 0. The van der Waals surface area contributed by atoms with E-state index in [0.29, 0.717) is 25.3 Å². The number of benzene rings is 1. The summed E-state index contributed by atoms with van der Waals surface area (Å²) in [7, 11) is -4.02. The first-order valence-electron chi connectivity index (χ1n) is 5.35. The lowest BCUT2D eigenvalue weighted by molar-refractivity contribution is 0.544. The van der Waals surface area contributed by atoms with Crippen molar-refractivity contribution in [3.05, 3.63) is 29.8 Å². The summed E-state index contributed by atoms with van der Waals surface area (Å²) in [5, 5.41) is 0. The van der Waals surface area contributed by atoms with Crippen LogP contribution >= 0.6 is 0 Å². The first-order valence-corrected chi connectivity index (χ1v) is 6.84. The van der Waals surface area contributed by atoms with Crippen LogP contribution in [0.3, 0.4) is 0 Å². The highest BCUT2D eigenvalue weighted by atomic mass is 32.2. The molecule has 0 fully saturated rings. The van der Waals surface area contributed by atoms with Gasteiger partial charge in [0.1, 0.15) is 16.5 Å². The van der Waals surface area contributed by atoms with E-state index in [1.807, 2.05) is 0 Å². The van der Waals surface area contributed by atoms with E-state index in [9.17, 15) is 17.2 Å². The SMILES string of the molecule is C#CCCCCNS(=O)(=O)c1cc(F)ccc1F. The molecular weight excluding hydrogens is 260 g/mol. The van der Waals surface area contributed by atoms with Crippen molar-refractivity contribution in [1.82, 2.24) is 4.72 Å². The van der Waals surface area contributed by atoms with Gasteiger partial charge in [-0.3, -0.25) is 0 Å². The lowest BCUT2D eigenvalue weighted by Gasteiger charge is -2.07. The molecule has 0 saturated carbocycles. The van der Waals surface area contributed by atoms with Gasteiger partial charge in [-0.05, 0) is 31.0 Å². The topological polar surface area (TPSA) is 46.2 Å². The summed E-state index contributed by atoms with van der Waals surface area (Å²) in [6.07, 6.45) is 6.81. The van der Waals surface area contributed by atoms with E-state index >= 15 is 0 Å². The molecule has 1 rings (SSSR count). The zero-order valence-electron chi connectivity index (χ0n) is 9.62.